The van der Waals surface area contributed by atoms with E-state index >= 15 is 0 Å². The first-order valence-electron chi connectivity index (χ1n) is 8.82. The molecule has 0 aliphatic carbocycles. The largest absolute Gasteiger partial charge is 0.503 e. The maximum Gasteiger partial charge on any atom is 0.223 e. The second-order valence-corrected chi connectivity index (χ2v) is 6.46. The van der Waals surface area contributed by atoms with Crippen LogP contribution in [0.3, 0.4) is 0 Å². The number of rotatable bonds is 8. The van der Waals surface area contributed by atoms with Crippen LogP contribution in [0.4, 0.5) is 0 Å². The number of aromatic hydroxyl groups is 1. The minimum atomic E-state index is -0.256. The Morgan fingerprint density at radius 1 is 1.23 bits per heavy atom. The fourth-order valence-corrected chi connectivity index (χ4v) is 3.38. The van der Waals surface area contributed by atoms with Crippen molar-refractivity contribution in [1.82, 2.24) is 9.47 Å². The molecule has 0 amide bonds. The molecule has 0 saturated carbocycles. The summed E-state index contributed by atoms with van der Waals surface area (Å²) in [6, 6.07) is 2.01. The molecule has 1 aliphatic heterocycles. The topological polar surface area (TPSA) is 45.5 Å². The highest BCUT2D eigenvalue weighted by Crippen LogP contribution is 2.24. The first kappa shape index (κ1) is 17.1. The fourth-order valence-electron chi connectivity index (χ4n) is 3.38. The quantitative estimate of drug-likeness (QED) is 0.745. The molecule has 1 N–H and O–H groups in total. The van der Waals surface area contributed by atoms with Crippen LogP contribution in [0.5, 0.6) is 5.75 Å². The third-order valence-electron chi connectivity index (χ3n) is 4.73. The van der Waals surface area contributed by atoms with Gasteiger partial charge in [-0.2, -0.15) is 0 Å². The van der Waals surface area contributed by atoms with Crippen molar-refractivity contribution < 1.29 is 5.11 Å². The lowest BCUT2D eigenvalue weighted by Gasteiger charge is -2.25. The normalized spacial score (nSPS) is 17.0. The lowest BCUT2D eigenvalue weighted by molar-refractivity contribution is 0.306. The average Bonchev–Trinajstić information content (AvgIpc) is 3.01. The van der Waals surface area contributed by atoms with Crippen LogP contribution < -0.4 is 5.43 Å². The van der Waals surface area contributed by atoms with E-state index in [1.54, 1.807) is 12.3 Å². The van der Waals surface area contributed by atoms with Gasteiger partial charge in [0.15, 0.2) is 5.75 Å². The van der Waals surface area contributed by atoms with Crippen molar-refractivity contribution in [3.05, 3.63) is 28.2 Å². The third-order valence-corrected chi connectivity index (χ3v) is 4.73. The summed E-state index contributed by atoms with van der Waals surface area (Å²) in [6.07, 6.45) is 9.94. The molecule has 4 heteroatoms. The van der Waals surface area contributed by atoms with Crippen LogP contribution in [0.25, 0.3) is 0 Å². The van der Waals surface area contributed by atoms with Crippen molar-refractivity contribution in [2.45, 2.75) is 71.4 Å². The van der Waals surface area contributed by atoms with Crippen LogP contribution in [-0.2, 0) is 6.54 Å². The molecule has 0 aromatic carbocycles. The Hall–Kier alpha value is -1.29. The molecule has 0 radical (unpaired) electrons. The van der Waals surface area contributed by atoms with Gasteiger partial charge in [-0.05, 0) is 38.8 Å². The monoisotopic (exact) mass is 306 g/mol. The molecule has 1 aliphatic rings. The van der Waals surface area contributed by atoms with E-state index < -0.39 is 0 Å². The van der Waals surface area contributed by atoms with Gasteiger partial charge in [0.25, 0.3) is 0 Å². The first-order chi connectivity index (χ1) is 10.7. The summed E-state index contributed by atoms with van der Waals surface area (Å²) in [5, 5.41) is 9.85. The van der Waals surface area contributed by atoms with Crippen LogP contribution in [0.2, 0.25) is 0 Å². The second-order valence-electron chi connectivity index (χ2n) is 6.46. The summed E-state index contributed by atoms with van der Waals surface area (Å²) >= 11 is 0. The summed E-state index contributed by atoms with van der Waals surface area (Å²) in [4.78, 5) is 14.3. The van der Waals surface area contributed by atoms with Gasteiger partial charge in [-0.25, -0.2) is 0 Å². The zero-order chi connectivity index (χ0) is 15.9. The van der Waals surface area contributed by atoms with E-state index in [0.29, 0.717) is 6.04 Å². The van der Waals surface area contributed by atoms with Crippen molar-refractivity contribution in [2.75, 3.05) is 13.1 Å². The van der Waals surface area contributed by atoms with Gasteiger partial charge in [-0.3, -0.25) is 9.69 Å². The third kappa shape index (κ3) is 4.35. The molecule has 1 atom stereocenters. The van der Waals surface area contributed by atoms with Gasteiger partial charge in [0, 0.05) is 24.3 Å². The van der Waals surface area contributed by atoms with Gasteiger partial charge in [-0.1, -0.05) is 33.1 Å². The zero-order valence-electron chi connectivity index (χ0n) is 14.1. The molecule has 0 spiro atoms. The minimum Gasteiger partial charge on any atom is -0.503 e. The van der Waals surface area contributed by atoms with Crippen molar-refractivity contribution in [3.63, 3.8) is 0 Å². The van der Waals surface area contributed by atoms with Gasteiger partial charge in [-0.15, -0.1) is 0 Å². The van der Waals surface area contributed by atoms with Crippen LogP contribution in [0, 0.1) is 0 Å². The molecule has 4 nitrogen and oxygen atoms in total. The lowest BCUT2D eigenvalue weighted by atomic mass is 10.0. The summed E-state index contributed by atoms with van der Waals surface area (Å²) in [5.74, 6) is -0.126. The molecule has 2 heterocycles. The number of nitrogens with zero attached hydrogens (tertiary/aromatic N) is 2. The Kier molecular flexibility index (Phi) is 6.49. The van der Waals surface area contributed by atoms with E-state index in [2.05, 4.69) is 23.3 Å². The SMILES string of the molecule is CCCCCC(CC)n1cc(O)c(=O)cc1CN1CCCC1. The van der Waals surface area contributed by atoms with E-state index in [0.717, 1.165) is 38.2 Å². The Bertz CT molecular complexity index is 518. The average molecular weight is 306 g/mol. The molecule has 22 heavy (non-hydrogen) atoms. The molecule has 1 aromatic rings. The summed E-state index contributed by atoms with van der Waals surface area (Å²) in [5.41, 5.74) is 0.793. The Morgan fingerprint density at radius 3 is 2.59 bits per heavy atom. The first-order valence-corrected chi connectivity index (χ1v) is 8.82. The molecule has 1 saturated heterocycles. The summed E-state index contributed by atoms with van der Waals surface area (Å²) in [6.45, 7) is 7.44. The van der Waals surface area contributed by atoms with Crippen molar-refractivity contribution in [1.29, 1.82) is 0 Å². The van der Waals surface area contributed by atoms with E-state index in [4.69, 9.17) is 0 Å². The van der Waals surface area contributed by atoms with Crippen molar-refractivity contribution in [2.24, 2.45) is 0 Å². The maximum atomic E-state index is 11.9. The predicted octanol–water partition coefficient (Wildman–Crippen LogP) is 3.68. The van der Waals surface area contributed by atoms with Crippen LogP contribution >= 0.6 is 0 Å². The standard InChI is InChI=1S/C18H30N2O2/c1-3-5-6-9-15(4-2)20-14-18(22)17(21)12-16(20)13-19-10-7-8-11-19/h12,14-15,22H,3-11,13H2,1-2H3. The van der Waals surface area contributed by atoms with E-state index in [-0.39, 0.29) is 11.2 Å². The van der Waals surface area contributed by atoms with Crippen LogP contribution in [0.15, 0.2) is 17.1 Å². The van der Waals surface area contributed by atoms with Gasteiger partial charge in [0.05, 0.1) is 6.20 Å². The number of likely N-dealkylation sites (tertiary alicyclic amines) is 1. The van der Waals surface area contributed by atoms with Crippen LogP contribution in [0.1, 0.15) is 70.5 Å². The number of hydrogen-bond acceptors (Lipinski definition) is 3. The molecule has 0 bridgehead atoms. The number of pyridine rings is 1. The van der Waals surface area contributed by atoms with E-state index in [1.165, 1.54) is 32.1 Å². The highest BCUT2D eigenvalue weighted by atomic mass is 16.3. The van der Waals surface area contributed by atoms with Gasteiger partial charge in [0.2, 0.25) is 5.43 Å². The molecule has 1 aromatic heterocycles. The molecule has 1 unspecified atom stereocenters. The highest BCUT2D eigenvalue weighted by molar-refractivity contribution is 5.21. The van der Waals surface area contributed by atoms with Gasteiger partial charge in [0.1, 0.15) is 0 Å². The zero-order valence-corrected chi connectivity index (χ0v) is 14.1. The Morgan fingerprint density at radius 2 is 1.95 bits per heavy atom. The minimum absolute atomic E-state index is 0.126. The van der Waals surface area contributed by atoms with Crippen LogP contribution in [-0.4, -0.2) is 27.7 Å². The Labute approximate surface area is 133 Å². The molecule has 1 fully saturated rings. The summed E-state index contributed by atoms with van der Waals surface area (Å²) < 4.78 is 2.16. The smallest absolute Gasteiger partial charge is 0.223 e. The fraction of sp³-hybridized carbons (Fsp3) is 0.722. The maximum absolute atomic E-state index is 11.9. The highest BCUT2D eigenvalue weighted by Gasteiger charge is 2.18. The predicted molar refractivity (Wildman–Crippen MR) is 90.3 cm³/mol. The second kappa shape index (κ2) is 8.37. The molecular weight excluding hydrogens is 276 g/mol. The van der Waals surface area contributed by atoms with Gasteiger partial charge < -0.3 is 9.67 Å². The van der Waals surface area contributed by atoms with Crippen molar-refractivity contribution >= 4 is 0 Å². The lowest BCUT2D eigenvalue weighted by Crippen LogP contribution is -2.25. The van der Waals surface area contributed by atoms with Gasteiger partial charge >= 0.3 is 0 Å². The Balaban J connectivity index is 2.21. The van der Waals surface area contributed by atoms with E-state index in [9.17, 15) is 9.90 Å². The molecular formula is C18H30N2O2. The number of unbranched alkanes of at least 4 members (excludes halogenated alkanes) is 2. The molecule has 2 rings (SSSR count). The van der Waals surface area contributed by atoms with Crippen molar-refractivity contribution in [3.8, 4) is 5.75 Å². The number of hydrogen-bond donors (Lipinski definition) is 1. The number of aromatic nitrogens is 1. The summed E-state index contributed by atoms with van der Waals surface area (Å²) in [7, 11) is 0. The molecule has 124 valence electrons. The van der Waals surface area contributed by atoms with E-state index in [1.807, 2.05) is 0 Å².